The van der Waals surface area contributed by atoms with E-state index in [9.17, 15) is 12.8 Å². The van der Waals surface area contributed by atoms with Crippen LogP contribution in [0.5, 0.6) is 0 Å². The van der Waals surface area contributed by atoms with Crippen LogP contribution in [0.4, 0.5) is 4.39 Å². The van der Waals surface area contributed by atoms with Gasteiger partial charge >= 0.3 is 0 Å². The SMILES string of the molecule is CCNC(=NCCS(=O)(=O)N(CC)CC)N(C)Cc1cccc(F)c1.I. The third kappa shape index (κ3) is 8.17. The molecule has 1 aromatic rings. The van der Waals surface area contributed by atoms with E-state index in [-0.39, 0.29) is 42.1 Å². The van der Waals surface area contributed by atoms with E-state index in [1.54, 1.807) is 6.07 Å². The van der Waals surface area contributed by atoms with Gasteiger partial charge in [0.05, 0.1) is 12.3 Å². The van der Waals surface area contributed by atoms with Crippen molar-refractivity contribution in [3.63, 3.8) is 0 Å². The van der Waals surface area contributed by atoms with Crippen LogP contribution in [0.15, 0.2) is 29.3 Å². The van der Waals surface area contributed by atoms with Crippen LogP contribution in [-0.2, 0) is 16.6 Å². The van der Waals surface area contributed by atoms with Crippen molar-refractivity contribution in [3.05, 3.63) is 35.6 Å². The highest BCUT2D eigenvalue weighted by Crippen LogP contribution is 2.07. The lowest BCUT2D eigenvalue weighted by molar-refractivity contribution is 0.445. The smallest absolute Gasteiger partial charge is 0.215 e. The molecule has 0 amide bonds. The molecule has 0 unspecified atom stereocenters. The molecule has 0 aromatic heterocycles. The lowest BCUT2D eigenvalue weighted by Gasteiger charge is -2.22. The Morgan fingerprint density at radius 1 is 1.23 bits per heavy atom. The van der Waals surface area contributed by atoms with Crippen molar-refractivity contribution in [1.82, 2.24) is 14.5 Å². The summed E-state index contributed by atoms with van der Waals surface area (Å²) in [6, 6.07) is 6.39. The van der Waals surface area contributed by atoms with Gasteiger partial charge in [0.2, 0.25) is 10.0 Å². The van der Waals surface area contributed by atoms with Crippen molar-refractivity contribution in [1.29, 1.82) is 0 Å². The predicted octanol–water partition coefficient (Wildman–Crippen LogP) is 2.51. The minimum absolute atomic E-state index is 0. The quantitative estimate of drug-likeness (QED) is 0.322. The van der Waals surface area contributed by atoms with Gasteiger partial charge in [-0.1, -0.05) is 26.0 Å². The first-order valence-corrected chi connectivity index (χ1v) is 10.2. The molecule has 26 heavy (non-hydrogen) atoms. The van der Waals surface area contributed by atoms with Crippen LogP contribution in [0.3, 0.4) is 0 Å². The summed E-state index contributed by atoms with van der Waals surface area (Å²) in [7, 11) is -1.45. The second kappa shape index (κ2) is 12.4. The minimum atomic E-state index is -3.29. The average molecular weight is 500 g/mol. The molecule has 0 saturated heterocycles. The topological polar surface area (TPSA) is 65.0 Å². The van der Waals surface area contributed by atoms with Gasteiger partial charge in [0.15, 0.2) is 5.96 Å². The molecular weight excluding hydrogens is 470 g/mol. The van der Waals surface area contributed by atoms with Gasteiger partial charge in [-0.25, -0.2) is 17.1 Å². The lowest BCUT2D eigenvalue weighted by Crippen LogP contribution is -2.39. The van der Waals surface area contributed by atoms with E-state index in [0.29, 0.717) is 32.1 Å². The van der Waals surface area contributed by atoms with Crippen molar-refractivity contribution < 1.29 is 12.8 Å². The molecule has 0 aliphatic heterocycles. The Kier molecular flexibility index (Phi) is 12.0. The van der Waals surface area contributed by atoms with Crippen LogP contribution in [0.2, 0.25) is 0 Å². The molecule has 1 aromatic carbocycles. The molecule has 9 heteroatoms. The van der Waals surface area contributed by atoms with Crippen LogP contribution in [0.1, 0.15) is 26.3 Å². The van der Waals surface area contributed by atoms with Crippen LogP contribution in [0.25, 0.3) is 0 Å². The van der Waals surface area contributed by atoms with Crippen LogP contribution in [0, 0.1) is 5.82 Å². The average Bonchev–Trinajstić information content (AvgIpc) is 2.54. The summed E-state index contributed by atoms with van der Waals surface area (Å²) in [5.41, 5.74) is 0.823. The standard InChI is InChI=1S/C17H29FN4O2S.HI/c1-5-19-17(20-11-12-25(23,24)22(6-2)7-3)21(4)14-15-9-8-10-16(18)13-15;/h8-10,13H,5-7,11-12,14H2,1-4H3,(H,19,20);1H. The van der Waals surface area contributed by atoms with Gasteiger partial charge in [0, 0.05) is 33.2 Å². The molecule has 0 bridgehead atoms. The normalized spacial score (nSPS) is 12.0. The van der Waals surface area contributed by atoms with Gasteiger partial charge in [-0.05, 0) is 24.6 Å². The summed E-state index contributed by atoms with van der Waals surface area (Å²) >= 11 is 0. The first-order valence-electron chi connectivity index (χ1n) is 8.55. The highest BCUT2D eigenvalue weighted by Gasteiger charge is 2.18. The van der Waals surface area contributed by atoms with Crippen LogP contribution >= 0.6 is 24.0 Å². The minimum Gasteiger partial charge on any atom is -0.357 e. The first kappa shape index (κ1) is 25.1. The van der Waals surface area contributed by atoms with Gasteiger partial charge in [0.25, 0.3) is 0 Å². The van der Waals surface area contributed by atoms with Crippen molar-refractivity contribution >= 4 is 40.0 Å². The predicted molar refractivity (Wildman–Crippen MR) is 116 cm³/mol. The number of nitrogens with one attached hydrogen (secondary N) is 1. The second-order valence-electron chi connectivity index (χ2n) is 5.62. The fraction of sp³-hybridized carbons (Fsp3) is 0.588. The highest BCUT2D eigenvalue weighted by atomic mass is 127. The summed E-state index contributed by atoms with van der Waals surface area (Å²) in [4.78, 5) is 6.25. The van der Waals surface area contributed by atoms with E-state index < -0.39 is 10.0 Å². The zero-order chi connectivity index (χ0) is 18.9. The number of benzene rings is 1. The Balaban J connectivity index is 0.00000625. The molecule has 0 saturated carbocycles. The number of aliphatic imine (C=N–C) groups is 1. The Morgan fingerprint density at radius 2 is 1.88 bits per heavy atom. The summed E-state index contributed by atoms with van der Waals surface area (Å²) in [5, 5.41) is 3.13. The van der Waals surface area contributed by atoms with E-state index in [1.807, 2.05) is 38.8 Å². The molecule has 6 nitrogen and oxygen atoms in total. The van der Waals surface area contributed by atoms with Crippen LogP contribution in [-0.4, -0.2) is 62.6 Å². The fourth-order valence-electron chi connectivity index (χ4n) is 2.47. The summed E-state index contributed by atoms with van der Waals surface area (Å²) in [6.45, 7) is 7.82. The highest BCUT2D eigenvalue weighted by molar-refractivity contribution is 14.0. The molecule has 150 valence electrons. The van der Waals surface area contributed by atoms with Gasteiger partial charge in [-0.15, -0.1) is 24.0 Å². The molecule has 0 aliphatic carbocycles. The molecule has 0 fully saturated rings. The Morgan fingerprint density at radius 3 is 2.42 bits per heavy atom. The molecule has 0 radical (unpaired) electrons. The van der Waals surface area contributed by atoms with Gasteiger partial charge in [0.1, 0.15) is 5.82 Å². The Hall–Kier alpha value is -0.940. The van der Waals surface area contributed by atoms with E-state index in [4.69, 9.17) is 0 Å². The van der Waals surface area contributed by atoms with Crippen molar-refractivity contribution in [2.75, 3.05) is 39.0 Å². The summed E-state index contributed by atoms with van der Waals surface area (Å²) in [6.07, 6.45) is 0. The van der Waals surface area contributed by atoms with E-state index in [0.717, 1.165) is 5.56 Å². The molecule has 0 atom stereocenters. The van der Waals surface area contributed by atoms with Gasteiger partial charge < -0.3 is 10.2 Å². The zero-order valence-electron chi connectivity index (χ0n) is 15.9. The van der Waals surface area contributed by atoms with Crippen molar-refractivity contribution in [2.24, 2.45) is 4.99 Å². The molecular formula is C17H30FIN4O2S. The van der Waals surface area contributed by atoms with Gasteiger partial charge in [-0.3, -0.25) is 4.99 Å². The van der Waals surface area contributed by atoms with Crippen molar-refractivity contribution in [2.45, 2.75) is 27.3 Å². The van der Waals surface area contributed by atoms with E-state index in [1.165, 1.54) is 16.4 Å². The monoisotopic (exact) mass is 500 g/mol. The number of nitrogens with zero attached hydrogens (tertiary/aromatic N) is 3. The number of halogens is 2. The van der Waals surface area contributed by atoms with Crippen molar-refractivity contribution in [3.8, 4) is 0 Å². The number of sulfonamides is 1. The summed E-state index contributed by atoms with van der Waals surface area (Å²) < 4.78 is 39.2. The maximum absolute atomic E-state index is 13.3. The maximum atomic E-state index is 13.3. The molecule has 1 N–H and O–H groups in total. The fourth-order valence-corrected chi connectivity index (χ4v) is 3.83. The van der Waals surface area contributed by atoms with E-state index in [2.05, 4.69) is 10.3 Å². The van der Waals surface area contributed by atoms with Gasteiger partial charge in [-0.2, -0.15) is 0 Å². The number of rotatable bonds is 9. The second-order valence-corrected chi connectivity index (χ2v) is 7.71. The Labute approximate surface area is 173 Å². The molecule has 0 aliphatic rings. The number of guanidine groups is 1. The molecule has 0 heterocycles. The van der Waals surface area contributed by atoms with Crippen LogP contribution < -0.4 is 5.32 Å². The van der Waals surface area contributed by atoms with E-state index >= 15 is 0 Å². The molecule has 0 spiro atoms. The zero-order valence-corrected chi connectivity index (χ0v) is 19.1. The third-order valence-electron chi connectivity index (χ3n) is 3.71. The number of hydrogen-bond acceptors (Lipinski definition) is 3. The first-order chi connectivity index (χ1) is 11.8. The molecule has 1 rings (SSSR count). The lowest BCUT2D eigenvalue weighted by atomic mass is 10.2. The summed E-state index contributed by atoms with van der Waals surface area (Å²) in [5.74, 6) is 0.289. The largest absolute Gasteiger partial charge is 0.357 e. The third-order valence-corrected chi connectivity index (χ3v) is 5.72. The Bertz CT molecular complexity index is 666. The maximum Gasteiger partial charge on any atom is 0.215 e. The number of hydrogen-bond donors (Lipinski definition) is 1.